The molecular weight excluding hydrogens is 186 g/mol. The van der Waals surface area contributed by atoms with E-state index in [1.165, 1.54) is 6.07 Å². The maximum Gasteiger partial charge on any atom is 0.323 e. The maximum atomic E-state index is 11.5. The smallest absolute Gasteiger partial charge is 0.323 e. The van der Waals surface area contributed by atoms with Gasteiger partial charge in [-0.05, 0) is 19.1 Å². The van der Waals surface area contributed by atoms with Crippen LogP contribution in [0.4, 0.5) is 0 Å². The molecule has 0 saturated carbocycles. The second-order valence-corrected chi connectivity index (χ2v) is 2.94. The Morgan fingerprint density at radius 1 is 1.50 bits per heavy atom. The van der Waals surface area contributed by atoms with Gasteiger partial charge in [-0.1, -0.05) is 0 Å². The number of aliphatic hydroxyl groups excluding tert-OH is 1. The zero-order chi connectivity index (χ0) is 10.7. The number of aliphatic carboxylic acids is 1. The standard InChI is InChI=1S/C9H11NO4/c1-6-2-3-7(5-11)9(14)10(6)4-8(12)13/h2-3,11H,4-5H2,1H3,(H,12,13). The number of hydrogen-bond donors (Lipinski definition) is 2. The van der Waals surface area contributed by atoms with Gasteiger partial charge in [0.1, 0.15) is 6.54 Å². The number of rotatable bonds is 3. The van der Waals surface area contributed by atoms with Crippen molar-refractivity contribution in [2.24, 2.45) is 0 Å². The van der Waals surface area contributed by atoms with Crippen molar-refractivity contribution < 1.29 is 15.0 Å². The third-order valence-corrected chi connectivity index (χ3v) is 1.94. The molecule has 0 aliphatic heterocycles. The van der Waals surface area contributed by atoms with Crippen molar-refractivity contribution in [3.05, 3.63) is 33.7 Å². The summed E-state index contributed by atoms with van der Waals surface area (Å²) in [4.78, 5) is 21.9. The molecule has 2 N–H and O–H groups in total. The Kier molecular flexibility index (Phi) is 3.03. The molecule has 0 atom stereocenters. The van der Waals surface area contributed by atoms with Gasteiger partial charge in [-0.15, -0.1) is 0 Å². The molecular formula is C9H11NO4. The van der Waals surface area contributed by atoms with Gasteiger partial charge < -0.3 is 14.8 Å². The molecule has 5 nitrogen and oxygen atoms in total. The molecule has 1 rings (SSSR count). The van der Waals surface area contributed by atoms with Gasteiger partial charge in [-0.3, -0.25) is 9.59 Å². The summed E-state index contributed by atoms with van der Waals surface area (Å²) in [6.07, 6.45) is 0. The number of pyridine rings is 1. The molecule has 5 heteroatoms. The zero-order valence-electron chi connectivity index (χ0n) is 7.73. The van der Waals surface area contributed by atoms with Crippen LogP contribution in [0.3, 0.4) is 0 Å². The van der Waals surface area contributed by atoms with E-state index in [2.05, 4.69) is 0 Å². The molecule has 0 aliphatic carbocycles. The van der Waals surface area contributed by atoms with Crippen LogP contribution in [-0.4, -0.2) is 20.7 Å². The topological polar surface area (TPSA) is 79.5 Å². The van der Waals surface area contributed by atoms with Gasteiger partial charge in [0.25, 0.3) is 5.56 Å². The first kappa shape index (κ1) is 10.5. The lowest BCUT2D eigenvalue weighted by atomic mass is 10.2. The Balaban J connectivity index is 3.25. The molecule has 0 amide bonds. The number of aromatic nitrogens is 1. The third kappa shape index (κ3) is 2.00. The summed E-state index contributed by atoms with van der Waals surface area (Å²) in [5, 5.41) is 17.4. The van der Waals surface area contributed by atoms with Crippen LogP contribution in [0.15, 0.2) is 16.9 Å². The molecule has 0 bridgehead atoms. The van der Waals surface area contributed by atoms with E-state index in [4.69, 9.17) is 10.2 Å². The van der Waals surface area contributed by atoms with Gasteiger partial charge in [0.05, 0.1) is 6.61 Å². The number of carboxylic acids is 1. The molecule has 1 aromatic rings. The van der Waals surface area contributed by atoms with Crippen molar-refractivity contribution >= 4 is 5.97 Å². The summed E-state index contributed by atoms with van der Waals surface area (Å²) in [7, 11) is 0. The van der Waals surface area contributed by atoms with Gasteiger partial charge in [0.15, 0.2) is 0 Å². The highest BCUT2D eigenvalue weighted by Gasteiger charge is 2.07. The van der Waals surface area contributed by atoms with Crippen LogP contribution in [0.5, 0.6) is 0 Å². The van der Waals surface area contributed by atoms with Crippen LogP contribution in [0.2, 0.25) is 0 Å². The van der Waals surface area contributed by atoms with Crippen molar-refractivity contribution in [1.29, 1.82) is 0 Å². The predicted octanol–water partition coefficient (Wildman–Crippen LogP) is -0.266. The molecule has 76 valence electrons. The fraction of sp³-hybridized carbons (Fsp3) is 0.333. The van der Waals surface area contributed by atoms with Crippen molar-refractivity contribution in [2.45, 2.75) is 20.1 Å². The van der Waals surface area contributed by atoms with E-state index in [1.54, 1.807) is 13.0 Å². The van der Waals surface area contributed by atoms with E-state index in [1.807, 2.05) is 0 Å². The van der Waals surface area contributed by atoms with Crippen LogP contribution in [0.25, 0.3) is 0 Å². The van der Waals surface area contributed by atoms with E-state index < -0.39 is 11.5 Å². The molecule has 0 unspecified atom stereocenters. The Hall–Kier alpha value is -1.62. The summed E-state index contributed by atoms with van der Waals surface area (Å²) in [5.41, 5.74) is 0.321. The minimum atomic E-state index is -1.08. The summed E-state index contributed by atoms with van der Waals surface area (Å²) >= 11 is 0. The van der Waals surface area contributed by atoms with E-state index in [-0.39, 0.29) is 18.7 Å². The van der Waals surface area contributed by atoms with Crippen molar-refractivity contribution in [3.63, 3.8) is 0 Å². The molecule has 0 spiro atoms. The third-order valence-electron chi connectivity index (χ3n) is 1.94. The van der Waals surface area contributed by atoms with Gasteiger partial charge in [-0.2, -0.15) is 0 Å². The average molecular weight is 197 g/mol. The summed E-state index contributed by atoms with van der Waals surface area (Å²) in [6, 6.07) is 3.10. The number of carbonyl (C=O) groups is 1. The lowest BCUT2D eigenvalue weighted by molar-refractivity contribution is -0.137. The first-order valence-corrected chi connectivity index (χ1v) is 4.08. The first-order valence-electron chi connectivity index (χ1n) is 4.08. The highest BCUT2D eigenvalue weighted by atomic mass is 16.4. The van der Waals surface area contributed by atoms with Crippen molar-refractivity contribution in [2.75, 3.05) is 0 Å². The van der Waals surface area contributed by atoms with E-state index >= 15 is 0 Å². The highest BCUT2D eigenvalue weighted by molar-refractivity contribution is 5.66. The van der Waals surface area contributed by atoms with Crippen LogP contribution < -0.4 is 5.56 Å². The molecule has 0 aromatic carbocycles. The minimum absolute atomic E-state index is 0.205. The second-order valence-electron chi connectivity index (χ2n) is 2.94. The number of carboxylic acid groups (broad SMARTS) is 1. The minimum Gasteiger partial charge on any atom is -0.480 e. The first-order chi connectivity index (χ1) is 6.56. The molecule has 1 heterocycles. The predicted molar refractivity (Wildman–Crippen MR) is 49.0 cm³/mol. The molecule has 14 heavy (non-hydrogen) atoms. The van der Waals surface area contributed by atoms with Gasteiger partial charge in [-0.25, -0.2) is 0 Å². The van der Waals surface area contributed by atoms with Crippen LogP contribution in [0, 0.1) is 6.92 Å². The zero-order valence-corrected chi connectivity index (χ0v) is 7.73. The van der Waals surface area contributed by atoms with Gasteiger partial charge in [0, 0.05) is 11.3 Å². The van der Waals surface area contributed by atoms with Crippen molar-refractivity contribution in [1.82, 2.24) is 4.57 Å². The Morgan fingerprint density at radius 2 is 2.14 bits per heavy atom. The van der Waals surface area contributed by atoms with Crippen LogP contribution in [0.1, 0.15) is 11.3 Å². The maximum absolute atomic E-state index is 11.5. The summed E-state index contributed by atoms with van der Waals surface area (Å²) in [6.45, 7) is 0.892. The second kappa shape index (κ2) is 4.06. The van der Waals surface area contributed by atoms with Gasteiger partial charge >= 0.3 is 5.97 Å². The van der Waals surface area contributed by atoms with E-state index in [9.17, 15) is 9.59 Å². The number of hydrogen-bond acceptors (Lipinski definition) is 3. The lowest BCUT2D eigenvalue weighted by Crippen LogP contribution is -2.28. The normalized spacial score (nSPS) is 10.1. The Morgan fingerprint density at radius 3 is 2.64 bits per heavy atom. The molecule has 0 fully saturated rings. The molecule has 0 radical (unpaired) electrons. The monoisotopic (exact) mass is 197 g/mol. The number of aryl methyl sites for hydroxylation is 1. The molecule has 0 saturated heterocycles. The number of nitrogens with zero attached hydrogens (tertiary/aromatic N) is 1. The van der Waals surface area contributed by atoms with Gasteiger partial charge in [0.2, 0.25) is 0 Å². The lowest BCUT2D eigenvalue weighted by Gasteiger charge is -2.07. The van der Waals surface area contributed by atoms with Crippen LogP contribution in [-0.2, 0) is 17.9 Å². The highest BCUT2D eigenvalue weighted by Crippen LogP contribution is 1.98. The summed E-state index contributed by atoms with van der Waals surface area (Å²) < 4.78 is 1.12. The quantitative estimate of drug-likeness (QED) is 0.699. The Labute approximate surface area is 80.2 Å². The molecule has 1 aromatic heterocycles. The Bertz CT molecular complexity index is 408. The van der Waals surface area contributed by atoms with E-state index in [0.717, 1.165) is 4.57 Å². The number of aliphatic hydroxyl groups is 1. The average Bonchev–Trinajstić information content (AvgIpc) is 2.12. The SMILES string of the molecule is Cc1ccc(CO)c(=O)n1CC(=O)O. The summed E-state index contributed by atoms with van der Waals surface area (Å²) in [5.74, 6) is -1.08. The molecule has 0 aliphatic rings. The largest absolute Gasteiger partial charge is 0.480 e. The van der Waals surface area contributed by atoms with Crippen molar-refractivity contribution in [3.8, 4) is 0 Å². The fourth-order valence-corrected chi connectivity index (χ4v) is 1.17. The fourth-order valence-electron chi connectivity index (χ4n) is 1.17. The van der Waals surface area contributed by atoms with E-state index in [0.29, 0.717) is 5.69 Å². The van der Waals surface area contributed by atoms with Crippen LogP contribution >= 0.6 is 0 Å².